The number of aliphatic hydroxyl groups is 1. The van der Waals surface area contributed by atoms with Crippen molar-refractivity contribution in [3.8, 4) is 0 Å². The number of carbonyl (C=O) groups excluding carboxylic acids is 1. The van der Waals surface area contributed by atoms with E-state index in [9.17, 15) is 9.90 Å². The summed E-state index contributed by atoms with van der Waals surface area (Å²) in [5, 5.41) is 13.4. The number of nitrogens with one attached hydrogen (secondary N) is 1. The van der Waals surface area contributed by atoms with Gasteiger partial charge in [-0.15, -0.1) is 0 Å². The molecule has 1 unspecified atom stereocenters. The van der Waals surface area contributed by atoms with Gasteiger partial charge in [-0.3, -0.25) is 9.69 Å². The van der Waals surface area contributed by atoms with Crippen LogP contribution in [0.4, 0.5) is 0 Å². The molecule has 0 radical (unpaired) electrons. The molecule has 0 aliphatic heterocycles. The van der Waals surface area contributed by atoms with Gasteiger partial charge in [0.1, 0.15) is 0 Å². The zero-order chi connectivity index (χ0) is 16.0. The fraction of sp³-hybridized carbons (Fsp3) is 0.562. The van der Waals surface area contributed by atoms with Gasteiger partial charge in [-0.25, -0.2) is 0 Å². The zero-order valence-corrected chi connectivity index (χ0v) is 13.9. The Balaban J connectivity index is 2.58. The maximum atomic E-state index is 12.1. The van der Waals surface area contributed by atoms with E-state index in [1.165, 1.54) is 0 Å². The molecule has 118 valence electrons. The molecule has 1 rings (SSSR count). The van der Waals surface area contributed by atoms with Gasteiger partial charge in [0.25, 0.3) is 0 Å². The summed E-state index contributed by atoms with van der Waals surface area (Å²) in [7, 11) is 0. The van der Waals surface area contributed by atoms with Gasteiger partial charge in [-0.1, -0.05) is 36.7 Å². The van der Waals surface area contributed by atoms with Crippen molar-refractivity contribution in [1.29, 1.82) is 0 Å². The third-order valence-electron chi connectivity index (χ3n) is 3.17. The van der Waals surface area contributed by atoms with Crippen LogP contribution in [0.25, 0.3) is 0 Å². The molecule has 2 N–H and O–H groups in total. The average Bonchev–Trinajstić information content (AvgIpc) is 2.36. The van der Waals surface area contributed by atoms with Crippen molar-refractivity contribution >= 4 is 17.5 Å². The molecule has 0 heterocycles. The summed E-state index contributed by atoms with van der Waals surface area (Å²) in [4.78, 5) is 14.0. The Morgan fingerprint density at radius 3 is 2.57 bits per heavy atom. The molecule has 5 heteroatoms. The van der Waals surface area contributed by atoms with Crippen molar-refractivity contribution in [3.63, 3.8) is 0 Å². The fourth-order valence-corrected chi connectivity index (χ4v) is 2.52. The number of nitrogens with zero attached hydrogens (tertiary/aromatic N) is 1. The largest absolute Gasteiger partial charge is 0.389 e. The number of amides is 1. The summed E-state index contributed by atoms with van der Waals surface area (Å²) in [5.41, 5.74) is 0.0861. The Hall–Kier alpha value is -1.10. The average molecular weight is 313 g/mol. The second-order valence-corrected chi connectivity index (χ2v) is 6.33. The van der Waals surface area contributed by atoms with Gasteiger partial charge in [-0.2, -0.15) is 0 Å². The molecule has 0 aliphatic carbocycles. The maximum absolute atomic E-state index is 12.1. The SMILES string of the molecule is CCN(CC(=O)NC(C)c1ccccc1Cl)CC(C)(C)O. The highest BCUT2D eigenvalue weighted by Crippen LogP contribution is 2.21. The van der Waals surface area contributed by atoms with Crippen LogP contribution in [0, 0.1) is 0 Å². The Morgan fingerprint density at radius 1 is 1.43 bits per heavy atom. The molecule has 1 amide bonds. The molecule has 21 heavy (non-hydrogen) atoms. The van der Waals surface area contributed by atoms with Gasteiger partial charge < -0.3 is 10.4 Å². The monoisotopic (exact) mass is 312 g/mol. The lowest BCUT2D eigenvalue weighted by Gasteiger charge is -2.28. The molecule has 1 aromatic carbocycles. The number of hydrogen-bond acceptors (Lipinski definition) is 3. The van der Waals surface area contributed by atoms with Crippen LogP contribution in [-0.2, 0) is 4.79 Å². The van der Waals surface area contributed by atoms with Crippen molar-refractivity contribution in [1.82, 2.24) is 10.2 Å². The van der Waals surface area contributed by atoms with Gasteiger partial charge in [0.2, 0.25) is 5.91 Å². The lowest BCUT2D eigenvalue weighted by Crippen LogP contribution is -2.44. The minimum Gasteiger partial charge on any atom is -0.389 e. The first-order valence-corrected chi connectivity index (χ1v) is 7.59. The number of benzene rings is 1. The quantitative estimate of drug-likeness (QED) is 0.814. The third kappa shape index (κ3) is 6.46. The lowest BCUT2D eigenvalue weighted by molar-refractivity contribution is -0.123. The van der Waals surface area contributed by atoms with E-state index < -0.39 is 5.60 Å². The summed E-state index contributed by atoms with van der Waals surface area (Å²) in [6.07, 6.45) is 0. The van der Waals surface area contributed by atoms with Crippen LogP contribution in [0.5, 0.6) is 0 Å². The van der Waals surface area contributed by atoms with Crippen LogP contribution in [0.2, 0.25) is 5.02 Å². The fourth-order valence-electron chi connectivity index (χ4n) is 2.22. The predicted octanol–water partition coefficient (Wildman–Crippen LogP) is 2.61. The van der Waals surface area contributed by atoms with Crippen molar-refractivity contribution in [2.24, 2.45) is 0 Å². The summed E-state index contributed by atoms with van der Waals surface area (Å²) in [6, 6.07) is 7.33. The predicted molar refractivity (Wildman–Crippen MR) is 86.4 cm³/mol. The second-order valence-electron chi connectivity index (χ2n) is 5.93. The molecule has 0 spiro atoms. The molecule has 1 aromatic rings. The van der Waals surface area contributed by atoms with Gasteiger partial charge >= 0.3 is 0 Å². The summed E-state index contributed by atoms with van der Waals surface area (Å²) < 4.78 is 0. The zero-order valence-electron chi connectivity index (χ0n) is 13.2. The molecular formula is C16H25ClN2O2. The highest BCUT2D eigenvalue weighted by atomic mass is 35.5. The van der Waals surface area contributed by atoms with Crippen LogP contribution >= 0.6 is 11.6 Å². The van der Waals surface area contributed by atoms with Gasteiger partial charge in [0.05, 0.1) is 18.2 Å². The van der Waals surface area contributed by atoms with E-state index in [1.54, 1.807) is 13.8 Å². The Morgan fingerprint density at radius 2 is 2.05 bits per heavy atom. The Labute approximate surface area is 132 Å². The van der Waals surface area contributed by atoms with Crippen LogP contribution in [0.3, 0.4) is 0 Å². The molecule has 1 atom stereocenters. The second kappa shape index (κ2) is 7.78. The van der Waals surface area contributed by atoms with E-state index in [-0.39, 0.29) is 18.5 Å². The highest BCUT2D eigenvalue weighted by molar-refractivity contribution is 6.31. The molecule has 0 aliphatic rings. The maximum Gasteiger partial charge on any atom is 0.234 e. The standard InChI is InChI=1S/C16H25ClN2O2/c1-5-19(11-16(3,4)21)10-15(20)18-12(2)13-8-6-7-9-14(13)17/h6-9,12,21H,5,10-11H2,1-4H3,(H,18,20). The molecule has 4 nitrogen and oxygen atoms in total. The van der Waals surface area contributed by atoms with Gasteiger partial charge in [0, 0.05) is 11.6 Å². The normalized spacial score (nSPS) is 13.3. The number of likely N-dealkylation sites (N-methyl/N-ethyl adjacent to an activating group) is 1. The van der Waals surface area contributed by atoms with E-state index in [2.05, 4.69) is 5.32 Å². The van der Waals surface area contributed by atoms with E-state index in [1.807, 2.05) is 43.0 Å². The molecular weight excluding hydrogens is 288 g/mol. The molecule has 0 saturated carbocycles. The van der Waals surface area contributed by atoms with Gasteiger partial charge in [-0.05, 0) is 38.9 Å². The smallest absolute Gasteiger partial charge is 0.234 e. The minimum atomic E-state index is -0.815. The number of rotatable bonds is 7. The topological polar surface area (TPSA) is 52.6 Å². The third-order valence-corrected chi connectivity index (χ3v) is 3.52. The first-order valence-electron chi connectivity index (χ1n) is 7.21. The molecule has 0 aromatic heterocycles. The van der Waals surface area contributed by atoms with E-state index >= 15 is 0 Å². The van der Waals surface area contributed by atoms with E-state index in [0.717, 1.165) is 5.56 Å². The summed E-state index contributed by atoms with van der Waals surface area (Å²) >= 11 is 6.13. The molecule has 0 saturated heterocycles. The van der Waals surface area contributed by atoms with Crippen molar-refractivity contribution in [2.45, 2.75) is 39.3 Å². The highest BCUT2D eigenvalue weighted by Gasteiger charge is 2.20. The summed E-state index contributed by atoms with van der Waals surface area (Å²) in [5.74, 6) is -0.0754. The van der Waals surface area contributed by atoms with Crippen molar-refractivity contribution in [3.05, 3.63) is 34.9 Å². The van der Waals surface area contributed by atoms with Crippen LogP contribution in [0.1, 0.15) is 39.3 Å². The number of halogens is 1. The minimum absolute atomic E-state index is 0.0754. The van der Waals surface area contributed by atoms with E-state index in [4.69, 9.17) is 11.6 Å². The Bertz CT molecular complexity index is 472. The molecule has 0 fully saturated rings. The lowest BCUT2D eigenvalue weighted by atomic mass is 10.1. The van der Waals surface area contributed by atoms with Crippen LogP contribution < -0.4 is 5.32 Å². The van der Waals surface area contributed by atoms with Crippen molar-refractivity contribution in [2.75, 3.05) is 19.6 Å². The van der Waals surface area contributed by atoms with Gasteiger partial charge in [0.15, 0.2) is 0 Å². The Kier molecular flexibility index (Phi) is 6.65. The number of carbonyl (C=O) groups is 1. The van der Waals surface area contributed by atoms with Crippen LogP contribution in [-0.4, -0.2) is 41.1 Å². The van der Waals surface area contributed by atoms with Crippen LogP contribution in [0.15, 0.2) is 24.3 Å². The van der Waals surface area contributed by atoms with E-state index in [0.29, 0.717) is 18.1 Å². The molecule has 0 bridgehead atoms. The first-order chi connectivity index (χ1) is 9.73. The number of hydrogen-bond donors (Lipinski definition) is 2. The van der Waals surface area contributed by atoms with Crippen molar-refractivity contribution < 1.29 is 9.90 Å². The summed E-state index contributed by atoms with van der Waals surface area (Å²) in [6.45, 7) is 8.77. The first kappa shape index (κ1) is 18.0.